The second-order valence-electron chi connectivity index (χ2n) is 5.24. The minimum Gasteiger partial charge on any atom is -0.374 e. The van der Waals surface area contributed by atoms with Crippen molar-refractivity contribution in [3.8, 4) is 0 Å². The number of nitrogens with one attached hydrogen (secondary N) is 2. The molecule has 0 saturated heterocycles. The number of carbonyl (C=O) groups excluding carboxylic acids is 1. The average Bonchev–Trinajstić information content (AvgIpc) is 2.26. The molecule has 0 spiro atoms. The van der Waals surface area contributed by atoms with E-state index in [1.807, 2.05) is 0 Å². The van der Waals surface area contributed by atoms with Crippen LogP contribution >= 0.6 is 0 Å². The van der Waals surface area contributed by atoms with Gasteiger partial charge in [0.05, 0.1) is 17.9 Å². The summed E-state index contributed by atoms with van der Waals surface area (Å²) in [7, 11) is 0. The van der Waals surface area contributed by atoms with Gasteiger partial charge in [0.1, 0.15) is 0 Å². The topological polar surface area (TPSA) is 41.1 Å². The Bertz CT molecular complexity index is 450. The lowest BCUT2D eigenvalue weighted by Gasteiger charge is -2.24. The highest BCUT2D eigenvalue weighted by atomic mass is 16.2. The van der Waals surface area contributed by atoms with Crippen LogP contribution in [0.15, 0.2) is 12.1 Å². The van der Waals surface area contributed by atoms with Gasteiger partial charge in [0, 0.05) is 0 Å². The summed E-state index contributed by atoms with van der Waals surface area (Å²) in [6.45, 7) is 9.15. The highest BCUT2D eigenvalue weighted by molar-refractivity contribution is 6.00. The number of benzene rings is 1. The lowest BCUT2D eigenvalue weighted by Crippen LogP contribution is -2.27. The van der Waals surface area contributed by atoms with Gasteiger partial charge in [-0.3, -0.25) is 4.79 Å². The van der Waals surface area contributed by atoms with Crippen molar-refractivity contribution in [3.05, 3.63) is 23.3 Å². The summed E-state index contributed by atoms with van der Waals surface area (Å²) in [6, 6.07) is 4.29. The molecule has 0 aliphatic carbocycles. The fraction of sp³-hybridized carbons (Fsp3) is 0.500. The van der Waals surface area contributed by atoms with E-state index >= 15 is 0 Å². The van der Waals surface area contributed by atoms with Gasteiger partial charge in [-0.15, -0.1) is 0 Å². The van der Waals surface area contributed by atoms with Crippen molar-refractivity contribution in [1.29, 1.82) is 0 Å². The van der Waals surface area contributed by atoms with Crippen LogP contribution in [-0.2, 0) is 4.79 Å². The highest BCUT2D eigenvalue weighted by Crippen LogP contribution is 2.35. The van der Waals surface area contributed by atoms with Gasteiger partial charge in [-0.1, -0.05) is 27.7 Å². The monoisotopic (exact) mass is 232 g/mol. The number of fused-ring (bicyclic) bond motifs is 1. The van der Waals surface area contributed by atoms with Gasteiger partial charge >= 0.3 is 0 Å². The van der Waals surface area contributed by atoms with Gasteiger partial charge in [0.2, 0.25) is 5.91 Å². The molecule has 1 aromatic carbocycles. The van der Waals surface area contributed by atoms with E-state index in [0.29, 0.717) is 18.4 Å². The zero-order chi connectivity index (χ0) is 12.6. The maximum atomic E-state index is 11.4. The van der Waals surface area contributed by atoms with Crippen LogP contribution in [0.25, 0.3) is 0 Å². The highest BCUT2D eigenvalue weighted by Gasteiger charge is 2.19. The lowest BCUT2D eigenvalue weighted by molar-refractivity contribution is -0.114. The third kappa shape index (κ3) is 2.28. The maximum Gasteiger partial charge on any atom is 0.243 e. The normalized spacial score (nSPS) is 14.6. The first-order valence-corrected chi connectivity index (χ1v) is 6.20. The predicted octanol–water partition coefficient (Wildman–Crippen LogP) is 3.30. The molecule has 0 aromatic heterocycles. The van der Waals surface area contributed by atoms with Gasteiger partial charge in [0.15, 0.2) is 0 Å². The first kappa shape index (κ1) is 12.0. The number of amides is 1. The largest absolute Gasteiger partial charge is 0.374 e. The summed E-state index contributed by atoms with van der Waals surface area (Å²) in [6.07, 6.45) is 0. The Morgan fingerprint density at radius 3 is 2.06 bits per heavy atom. The molecule has 0 atom stereocenters. The number of hydrogen-bond donors (Lipinski definition) is 2. The minimum absolute atomic E-state index is 0.0319. The van der Waals surface area contributed by atoms with Crippen molar-refractivity contribution < 1.29 is 4.79 Å². The van der Waals surface area contributed by atoms with E-state index in [0.717, 1.165) is 11.4 Å². The molecule has 0 saturated carbocycles. The van der Waals surface area contributed by atoms with Crippen LogP contribution in [0, 0.1) is 0 Å². The summed E-state index contributed by atoms with van der Waals surface area (Å²) in [5.74, 6) is 0.998. The molecule has 1 aromatic rings. The number of hydrogen-bond acceptors (Lipinski definition) is 2. The molecule has 3 nitrogen and oxygen atoms in total. The van der Waals surface area contributed by atoms with Gasteiger partial charge < -0.3 is 10.6 Å². The van der Waals surface area contributed by atoms with Crippen molar-refractivity contribution in [2.24, 2.45) is 0 Å². The molecular weight excluding hydrogens is 212 g/mol. The summed E-state index contributed by atoms with van der Waals surface area (Å²) >= 11 is 0. The molecule has 0 unspecified atom stereocenters. The second-order valence-corrected chi connectivity index (χ2v) is 5.24. The molecule has 2 rings (SSSR count). The van der Waals surface area contributed by atoms with Crippen LogP contribution < -0.4 is 10.6 Å². The molecule has 92 valence electrons. The van der Waals surface area contributed by atoms with Gasteiger partial charge in [-0.2, -0.15) is 0 Å². The maximum absolute atomic E-state index is 11.4. The van der Waals surface area contributed by atoms with Gasteiger partial charge in [-0.25, -0.2) is 0 Å². The third-order valence-electron chi connectivity index (χ3n) is 3.18. The van der Waals surface area contributed by atoms with Crippen molar-refractivity contribution in [2.75, 3.05) is 17.2 Å². The van der Waals surface area contributed by atoms with Gasteiger partial charge in [0.25, 0.3) is 0 Å². The Hall–Kier alpha value is -1.51. The van der Waals surface area contributed by atoms with E-state index in [1.54, 1.807) is 0 Å². The molecule has 1 aliphatic heterocycles. The Labute approximate surface area is 103 Å². The molecule has 1 heterocycles. The standard InChI is InChI=1S/C14H20N2O/c1-8(2)10-5-12-13(6-11(10)9(3)4)16-14(17)7-15-12/h5-6,8-9,15H,7H2,1-4H3,(H,16,17). The van der Waals surface area contributed by atoms with Crippen LogP contribution in [0.5, 0.6) is 0 Å². The molecule has 0 radical (unpaired) electrons. The smallest absolute Gasteiger partial charge is 0.243 e. The van der Waals surface area contributed by atoms with E-state index in [4.69, 9.17) is 0 Å². The van der Waals surface area contributed by atoms with Crippen LogP contribution in [-0.4, -0.2) is 12.5 Å². The lowest BCUT2D eigenvalue weighted by atomic mass is 9.89. The first-order valence-electron chi connectivity index (χ1n) is 6.20. The van der Waals surface area contributed by atoms with E-state index in [2.05, 4.69) is 50.5 Å². The van der Waals surface area contributed by atoms with Crippen LogP contribution in [0.2, 0.25) is 0 Å². The minimum atomic E-state index is 0.0319. The fourth-order valence-corrected chi connectivity index (χ4v) is 2.25. The van der Waals surface area contributed by atoms with Gasteiger partial charge in [-0.05, 0) is 35.1 Å². The molecule has 1 amide bonds. The Balaban J connectivity index is 2.52. The van der Waals surface area contributed by atoms with E-state index < -0.39 is 0 Å². The fourth-order valence-electron chi connectivity index (χ4n) is 2.25. The summed E-state index contributed by atoms with van der Waals surface area (Å²) in [5.41, 5.74) is 4.64. The zero-order valence-electron chi connectivity index (χ0n) is 10.9. The number of carbonyl (C=O) groups is 1. The average molecular weight is 232 g/mol. The summed E-state index contributed by atoms with van der Waals surface area (Å²) in [5, 5.41) is 6.08. The van der Waals surface area contributed by atoms with Crippen LogP contribution in [0.1, 0.15) is 50.7 Å². The Morgan fingerprint density at radius 1 is 1.00 bits per heavy atom. The van der Waals surface area contributed by atoms with Crippen molar-refractivity contribution in [1.82, 2.24) is 0 Å². The molecular formula is C14H20N2O. The predicted molar refractivity (Wildman–Crippen MR) is 71.7 cm³/mol. The second kappa shape index (κ2) is 4.40. The molecule has 1 aliphatic rings. The van der Waals surface area contributed by atoms with E-state index in [-0.39, 0.29) is 5.91 Å². The molecule has 17 heavy (non-hydrogen) atoms. The Kier molecular flexibility index (Phi) is 3.09. The SMILES string of the molecule is CC(C)c1cc2c(cc1C(C)C)NC(=O)CN2. The Morgan fingerprint density at radius 2 is 1.53 bits per heavy atom. The summed E-state index contributed by atoms with van der Waals surface area (Å²) < 4.78 is 0. The number of rotatable bonds is 2. The van der Waals surface area contributed by atoms with E-state index in [9.17, 15) is 4.79 Å². The third-order valence-corrected chi connectivity index (χ3v) is 3.18. The molecule has 3 heteroatoms. The van der Waals surface area contributed by atoms with Crippen LogP contribution in [0.3, 0.4) is 0 Å². The molecule has 2 N–H and O–H groups in total. The molecule has 0 bridgehead atoms. The van der Waals surface area contributed by atoms with Crippen molar-refractivity contribution in [2.45, 2.75) is 39.5 Å². The summed E-state index contributed by atoms with van der Waals surface area (Å²) in [4.78, 5) is 11.4. The zero-order valence-corrected chi connectivity index (χ0v) is 10.9. The first-order chi connectivity index (χ1) is 7.99. The van der Waals surface area contributed by atoms with Crippen molar-refractivity contribution in [3.63, 3.8) is 0 Å². The quantitative estimate of drug-likeness (QED) is 0.821. The van der Waals surface area contributed by atoms with Crippen LogP contribution in [0.4, 0.5) is 11.4 Å². The molecule has 0 fully saturated rings. The van der Waals surface area contributed by atoms with E-state index in [1.165, 1.54) is 11.1 Å². The van der Waals surface area contributed by atoms with Crippen molar-refractivity contribution >= 4 is 17.3 Å². The number of anilines is 2.